The van der Waals surface area contributed by atoms with Gasteiger partial charge < -0.3 is 29.9 Å². The number of carbonyl (C=O) groups is 3. The Kier molecular flexibility index (Phi) is 21.7. The molecular formula is C32H58O9. The number of aliphatic hydroxyl groups is 4. The van der Waals surface area contributed by atoms with Gasteiger partial charge in [0.15, 0.2) is 18.0 Å². The molecular weight excluding hydrogens is 528 g/mol. The molecule has 7 atom stereocenters. The molecule has 0 aromatic rings. The molecule has 0 aromatic heterocycles. The molecule has 0 fully saturated rings. The Hall–Kier alpha value is -1.81. The molecule has 0 bridgehead atoms. The topological polar surface area (TPSA) is 151 Å². The molecule has 0 rings (SSSR count). The quantitative estimate of drug-likeness (QED) is 0.0548. The normalized spacial score (nSPS) is 17.2. The number of methoxy groups -OCH3 is 1. The fourth-order valence-corrected chi connectivity index (χ4v) is 5.06. The van der Waals surface area contributed by atoms with Crippen LogP contribution in [0.4, 0.5) is 0 Å². The highest BCUT2D eigenvalue weighted by Crippen LogP contribution is 2.22. The molecule has 0 aliphatic carbocycles. The SMILES string of the molecule is CCCCCCCCC[C@@H](O)CCCC[C@H](C)C[C@H](C)/C=C(\C)C(=O)[C@@H](C)C(=O)O[C@H](CO)[C@H](O)[C@H](O)C(=O)OC. The van der Waals surface area contributed by atoms with E-state index in [9.17, 15) is 34.8 Å². The maximum absolute atomic E-state index is 12.8. The number of esters is 2. The van der Waals surface area contributed by atoms with Gasteiger partial charge in [0.2, 0.25) is 0 Å². The van der Waals surface area contributed by atoms with Crippen molar-refractivity contribution >= 4 is 17.7 Å². The van der Waals surface area contributed by atoms with Crippen molar-refractivity contribution in [2.75, 3.05) is 13.7 Å². The van der Waals surface area contributed by atoms with Crippen molar-refractivity contribution < 1.29 is 44.3 Å². The first kappa shape index (κ1) is 39.2. The van der Waals surface area contributed by atoms with Crippen LogP contribution in [0.15, 0.2) is 11.6 Å². The van der Waals surface area contributed by atoms with Crippen LogP contribution in [0.3, 0.4) is 0 Å². The largest absolute Gasteiger partial charge is 0.467 e. The van der Waals surface area contributed by atoms with Crippen molar-refractivity contribution in [3.05, 3.63) is 11.6 Å². The minimum Gasteiger partial charge on any atom is -0.467 e. The average molecular weight is 587 g/mol. The summed E-state index contributed by atoms with van der Waals surface area (Å²) >= 11 is 0. The zero-order valence-electron chi connectivity index (χ0n) is 26.3. The predicted octanol–water partition coefficient (Wildman–Crippen LogP) is 4.66. The van der Waals surface area contributed by atoms with E-state index in [-0.39, 0.29) is 12.0 Å². The van der Waals surface area contributed by atoms with Gasteiger partial charge in [-0.2, -0.15) is 0 Å². The Morgan fingerprint density at radius 2 is 1.34 bits per heavy atom. The molecule has 0 aromatic carbocycles. The molecule has 0 heterocycles. The minimum absolute atomic E-state index is 0.113. The zero-order chi connectivity index (χ0) is 31.4. The first-order valence-electron chi connectivity index (χ1n) is 15.5. The Morgan fingerprint density at radius 3 is 1.90 bits per heavy atom. The number of carbonyl (C=O) groups excluding carboxylic acids is 3. The highest BCUT2D eigenvalue weighted by molar-refractivity contribution is 6.07. The zero-order valence-corrected chi connectivity index (χ0v) is 26.3. The lowest BCUT2D eigenvalue weighted by atomic mass is 9.89. The summed E-state index contributed by atoms with van der Waals surface area (Å²) in [5, 5.41) is 39.5. The molecule has 0 spiro atoms. The van der Waals surface area contributed by atoms with Crippen molar-refractivity contribution in [2.24, 2.45) is 17.8 Å². The van der Waals surface area contributed by atoms with Crippen LogP contribution in [0.1, 0.15) is 118 Å². The van der Waals surface area contributed by atoms with Crippen LogP contribution in [0.2, 0.25) is 0 Å². The van der Waals surface area contributed by atoms with E-state index >= 15 is 0 Å². The van der Waals surface area contributed by atoms with Gasteiger partial charge in [0.25, 0.3) is 0 Å². The van der Waals surface area contributed by atoms with E-state index in [1.54, 1.807) is 6.92 Å². The average Bonchev–Trinajstić information content (AvgIpc) is 2.95. The predicted molar refractivity (Wildman–Crippen MR) is 159 cm³/mol. The van der Waals surface area contributed by atoms with E-state index in [2.05, 4.69) is 18.6 Å². The fraction of sp³-hybridized carbons (Fsp3) is 0.844. The summed E-state index contributed by atoms with van der Waals surface area (Å²) in [6.07, 6.45) is 10.6. The third-order valence-corrected chi connectivity index (χ3v) is 7.66. The molecule has 0 unspecified atom stereocenters. The first-order chi connectivity index (χ1) is 19.4. The second kappa shape index (κ2) is 22.7. The third-order valence-electron chi connectivity index (χ3n) is 7.66. The standard InChI is InChI=1S/C32H58O9/c1-7-8-9-10-11-12-13-17-26(34)18-15-14-16-22(2)19-23(3)20-24(4)28(35)25(5)31(38)41-27(21-33)29(36)30(37)32(39)40-6/h20,22-23,25-27,29-30,33-34,36-37H,7-19,21H2,1-6H3/b24-20+/t22-,23-,25+,26+,27+,29-,30-/m0/s1. The number of rotatable bonds is 24. The first-order valence-corrected chi connectivity index (χ1v) is 15.5. The van der Waals surface area contributed by atoms with Crippen LogP contribution in [-0.2, 0) is 23.9 Å². The summed E-state index contributed by atoms with van der Waals surface area (Å²) in [5.74, 6) is -3.20. The lowest BCUT2D eigenvalue weighted by Gasteiger charge is -2.25. The van der Waals surface area contributed by atoms with Crippen molar-refractivity contribution in [1.82, 2.24) is 0 Å². The van der Waals surface area contributed by atoms with Crippen LogP contribution in [0, 0.1) is 17.8 Å². The smallest absolute Gasteiger partial charge is 0.337 e. The Morgan fingerprint density at radius 1 is 0.805 bits per heavy atom. The van der Waals surface area contributed by atoms with E-state index in [0.717, 1.165) is 52.1 Å². The van der Waals surface area contributed by atoms with Crippen molar-refractivity contribution in [3.63, 3.8) is 0 Å². The lowest BCUT2D eigenvalue weighted by Crippen LogP contribution is -2.47. The van der Waals surface area contributed by atoms with Gasteiger partial charge in [-0.1, -0.05) is 91.1 Å². The Labute approximate surface area is 247 Å². The summed E-state index contributed by atoms with van der Waals surface area (Å²) in [6, 6.07) is 0. The van der Waals surface area contributed by atoms with E-state index in [4.69, 9.17) is 4.74 Å². The number of ether oxygens (including phenoxy) is 2. The van der Waals surface area contributed by atoms with Gasteiger partial charge in [0.05, 0.1) is 19.8 Å². The van der Waals surface area contributed by atoms with Crippen LogP contribution < -0.4 is 0 Å². The monoisotopic (exact) mass is 586 g/mol. The van der Waals surface area contributed by atoms with Gasteiger partial charge >= 0.3 is 11.9 Å². The molecule has 9 nitrogen and oxygen atoms in total. The van der Waals surface area contributed by atoms with Gasteiger partial charge in [-0.25, -0.2) is 4.79 Å². The minimum atomic E-state index is -2.01. The molecule has 240 valence electrons. The van der Waals surface area contributed by atoms with Crippen molar-refractivity contribution in [1.29, 1.82) is 0 Å². The maximum Gasteiger partial charge on any atom is 0.337 e. The van der Waals surface area contributed by atoms with Crippen LogP contribution in [0.25, 0.3) is 0 Å². The van der Waals surface area contributed by atoms with Gasteiger partial charge in [0.1, 0.15) is 12.0 Å². The highest BCUT2D eigenvalue weighted by Gasteiger charge is 2.36. The fourth-order valence-electron chi connectivity index (χ4n) is 5.06. The number of hydrogen-bond donors (Lipinski definition) is 4. The van der Waals surface area contributed by atoms with E-state index in [0.29, 0.717) is 11.5 Å². The summed E-state index contributed by atoms with van der Waals surface area (Å²) in [7, 11) is 1.01. The Balaban J connectivity index is 4.48. The van der Waals surface area contributed by atoms with Crippen LogP contribution >= 0.6 is 0 Å². The van der Waals surface area contributed by atoms with Crippen LogP contribution in [0.5, 0.6) is 0 Å². The van der Waals surface area contributed by atoms with E-state index in [1.165, 1.54) is 45.4 Å². The summed E-state index contributed by atoms with van der Waals surface area (Å²) in [6.45, 7) is 8.58. The number of Topliss-reactive ketones (excluding diaryl/α,β-unsaturated/α-hetero) is 1. The second-order valence-corrected chi connectivity index (χ2v) is 11.7. The van der Waals surface area contributed by atoms with E-state index < -0.39 is 48.6 Å². The summed E-state index contributed by atoms with van der Waals surface area (Å²) in [4.78, 5) is 36.7. The highest BCUT2D eigenvalue weighted by atomic mass is 16.6. The molecule has 0 saturated carbocycles. The molecule has 0 radical (unpaired) electrons. The van der Waals surface area contributed by atoms with Gasteiger partial charge in [-0.3, -0.25) is 9.59 Å². The second-order valence-electron chi connectivity index (χ2n) is 11.7. The molecule has 0 amide bonds. The lowest BCUT2D eigenvalue weighted by molar-refractivity contribution is -0.178. The van der Waals surface area contributed by atoms with Crippen LogP contribution in [-0.4, -0.2) is 76.3 Å². The molecule has 0 saturated heterocycles. The third kappa shape index (κ3) is 17.0. The number of ketones is 1. The summed E-state index contributed by atoms with van der Waals surface area (Å²) in [5.41, 5.74) is 0.415. The number of hydrogen-bond acceptors (Lipinski definition) is 9. The maximum atomic E-state index is 12.8. The Bertz CT molecular complexity index is 766. The molecule has 0 aliphatic rings. The van der Waals surface area contributed by atoms with Crippen molar-refractivity contribution in [3.8, 4) is 0 Å². The number of unbranched alkanes of at least 4 members (excludes halogenated alkanes) is 7. The summed E-state index contributed by atoms with van der Waals surface area (Å²) < 4.78 is 9.36. The van der Waals surface area contributed by atoms with E-state index in [1.807, 2.05) is 13.0 Å². The molecule has 4 N–H and O–H groups in total. The van der Waals surface area contributed by atoms with Gasteiger partial charge in [0, 0.05) is 0 Å². The van der Waals surface area contributed by atoms with Gasteiger partial charge in [-0.05, 0) is 50.5 Å². The number of allylic oxidation sites excluding steroid dienone is 2. The number of aliphatic hydroxyl groups excluding tert-OH is 4. The molecule has 0 aliphatic heterocycles. The van der Waals surface area contributed by atoms with Gasteiger partial charge in [-0.15, -0.1) is 0 Å². The molecule has 41 heavy (non-hydrogen) atoms. The molecule has 9 heteroatoms. The van der Waals surface area contributed by atoms with Crippen molar-refractivity contribution in [2.45, 2.75) is 143 Å².